The van der Waals surface area contributed by atoms with Gasteiger partial charge in [0.05, 0.1) is 40.1 Å². The van der Waals surface area contributed by atoms with E-state index in [1.807, 2.05) is 0 Å². The number of ether oxygens (including phenoxy) is 1. The molecule has 0 fully saturated rings. The van der Waals surface area contributed by atoms with Gasteiger partial charge in [-0.1, -0.05) is 18.2 Å². The number of hydrogen-bond donors (Lipinski definition) is 0. The Morgan fingerprint density at radius 1 is 1.03 bits per heavy atom. The standard InChI is InChI=1S/C21H22N4O8S/c1-15-4-7-18(13-20(15)24(26)27)23-21(16-5-8-19(9-6-16)34(2,30)31)12-17(22-23)14-32-10-3-11-33-25(28)29/h4-9,12-13H,3,10-11,14H2,1-2H3. The average molecular weight is 490 g/mol. The highest BCUT2D eigenvalue weighted by Crippen LogP contribution is 2.28. The first-order valence-electron chi connectivity index (χ1n) is 10.1. The van der Waals surface area contributed by atoms with Gasteiger partial charge in [-0.25, -0.2) is 13.1 Å². The molecule has 0 aliphatic carbocycles. The summed E-state index contributed by atoms with van der Waals surface area (Å²) < 4.78 is 30.6. The van der Waals surface area contributed by atoms with Gasteiger partial charge in [-0.05, 0) is 37.6 Å². The van der Waals surface area contributed by atoms with Crippen LogP contribution in [0.25, 0.3) is 16.9 Å². The van der Waals surface area contributed by atoms with Crippen LogP contribution in [0.5, 0.6) is 0 Å². The Labute approximate surface area is 194 Å². The lowest BCUT2D eigenvalue weighted by atomic mass is 10.1. The van der Waals surface area contributed by atoms with Crippen LogP contribution in [0.1, 0.15) is 17.7 Å². The molecule has 3 rings (SSSR count). The van der Waals surface area contributed by atoms with Crippen molar-refractivity contribution in [1.82, 2.24) is 9.78 Å². The summed E-state index contributed by atoms with van der Waals surface area (Å²) in [5.41, 5.74) is 2.63. The number of benzene rings is 2. The van der Waals surface area contributed by atoms with E-state index in [9.17, 15) is 28.6 Å². The van der Waals surface area contributed by atoms with Crippen molar-refractivity contribution >= 4 is 15.5 Å². The summed E-state index contributed by atoms with van der Waals surface area (Å²) in [6.07, 6.45) is 1.43. The summed E-state index contributed by atoms with van der Waals surface area (Å²) >= 11 is 0. The van der Waals surface area contributed by atoms with Gasteiger partial charge in [0.15, 0.2) is 9.84 Å². The minimum Gasteiger partial charge on any atom is -0.375 e. The molecule has 0 radical (unpaired) electrons. The number of rotatable bonds is 11. The SMILES string of the molecule is Cc1ccc(-n2nc(COCCCO[N+](=O)[O-])cc2-c2ccc(S(C)(=O)=O)cc2)cc1[N+](=O)[O-]. The fourth-order valence-electron chi connectivity index (χ4n) is 3.18. The first-order valence-corrected chi connectivity index (χ1v) is 12.0. The van der Waals surface area contributed by atoms with Crippen molar-refractivity contribution in [2.24, 2.45) is 0 Å². The second kappa shape index (κ2) is 10.4. The summed E-state index contributed by atoms with van der Waals surface area (Å²) in [5, 5.41) is 25.2. The molecule has 0 spiro atoms. The van der Waals surface area contributed by atoms with Crippen LogP contribution in [0, 0.1) is 27.2 Å². The molecule has 0 aliphatic rings. The molecule has 0 saturated heterocycles. The molecule has 34 heavy (non-hydrogen) atoms. The van der Waals surface area contributed by atoms with Crippen molar-refractivity contribution < 1.29 is 28.0 Å². The van der Waals surface area contributed by atoms with Gasteiger partial charge < -0.3 is 9.57 Å². The third kappa shape index (κ3) is 6.14. The predicted octanol–water partition coefficient (Wildman–Crippen LogP) is 3.27. The van der Waals surface area contributed by atoms with Gasteiger partial charge in [0.2, 0.25) is 0 Å². The fraction of sp³-hybridized carbons (Fsp3) is 0.286. The van der Waals surface area contributed by atoms with E-state index in [1.54, 1.807) is 37.3 Å². The van der Waals surface area contributed by atoms with Crippen LogP contribution in [0.4, 0.5) is 5.69 Å². The van der Waals surface area contributed by atoms with Crippen molar-refractivity contribution in [2.45, 2.75) is 24.8 Å². The van der Waals surface area contributed by atoms with Gasteiger partial charge >= 0.3 is 0 Å². The number of aromatic nitrogens is 2. The van der Waals surface area contributed by atoms with Crippen molar-refractivity contribution in [3.05, 3.63) is 80.0 Å². The Kier molecular flexibility index (Phi) is 7.58. The van der Waals surface area contributed by atoms with Gasteiger partial charge in [-0.2, -0.15) is 5.10 Å². The molecule has 12 nitrogen and oxygen atoms in total. The first kappa shape index (κ1) is 24.8. The Bertz CT molecular complexity index is 1300. The summed E-state index contributed by atoms with van der Waals surface area (Å²) in [4.78, 5) is 25.5. The minimum absolute atomic E-state index is 0.0602. The van der Waals surface area contributed by atoms with Crippen LogP contribution >= 0.6 is 0 Å². The predicted molar refractivity (Wildman–Crippen MR) is 121 cm³/mol. The normalized spacial score (nSPS) is 11.4. The van der Waals surface area contributed by atoms with Crippen LogP contribution in [0.2, 0.25) is 0 Å². The maximum absolute atomic E-state index is 11.8. The fourth-order valence-corrected chi connectivity index (χ4v) is 3.81. The Morgan fingerprint density at radius 3 is 2.35 bits per heavy atom. The van der Waals surface area contributed by atoms with E-state index in [0.717, 1.165) is 6.26 Å². The molecule has 2 aromatic carbocycles. The minimum atomic E-state index is -3.37. The van der Waals surface area contributed by atoms with E-state index in [-0.39, 0.29) is 30.4 Å². The van der Waals surface area contributed by atoms with E-state index in [1.165, 1.54) is 22.9 Å². The van der Waals surface area contributed by atoms with Crippen LogP contribution in [0.15, 0.2) is 53.4 Å². The second-order valence-corrected chi connectivity index (χ2v) is 9.44. The number of nitro groups is 1. The van der Waals surface area contributed by atoms with Crippen molar-refractivity contribution in [3.8, 4) is 16.9 Å². The Balaban J connectivity index is 1.92. The third-order valence-corrected chi connectivity index (χ3v) is 5.98. The summed E-state index contributed by atoms with van der Waals surface area (Å²) in [6.45, 7) is 1.84. The lowest BCUT2D eigenvalue weighted by Crippen LogP contribution is -2.06. The molecule has 0 aliphatic heterocycles. The highest BCUT2D eigenvalue weighted by molar-refractivity contribution is 7.90. The van der Waals surface area contributed by atoms with E-state index < -0.39 is 19.8 Å². The van der Waals surface area contributed by atoms with Crippen molar-refractivity contribution in [3.63, 3.8) is 0 Å². The van der Waals surface area contributed by atoms with Gasteiger partial charge in [0, 0.05) is 30.1 Å². The van der Waals surface area contributed by atoms with Crippen molar-refractivity contribution in [1.29, 1.82) is 0 Å². The smallest absolute Gasteiger partial charge is 0.294 e. The zero-order valence-corrected chi connectivity index (χ0v) is 19.2. The molecule has 3 aromatic rings. The van der Waals surface area contributed by atoms with Crippen LogP contribution < -0.4 is 0 Å². The highest BCUT2D eigenvalue weighted by Gasteiger charge is 2.17. The molecule has 1 heterocycles. The molecule has 180 valence electrons. The van der Waals surface area contributed by atoms with Crippen LogP contribution in [-0.4, -0.2) is 47.7 Å². The number of aryl methyl sites for hydroxylation is 1. The Morgan fingerprint density at radius 2 is 1.74 bits per heavy atom. The molecular formula is C21H22N4O8S. The van der Waals surface area contributed by atoms with E-state index in [4.69, 9.17) is 4.74 Å². The van der Waals surface area contributed by atoms with Gasteiger partial charge in [-0.15, -0.1) is 10.1 Å². The third-order valence-electron chi connectivity index (χ3n) is 4.85. The first-order chi connectivity index (χ1) is 16.1. The zero-order chi connectivity index (χ0) is 24.9. The second-order valence-electron chi connectivity index (χ2n) is 7.42. The van der Waals surface area contributed by atoms with Gasteiger partial charge in [-0.3, -0.25) is 10.1 Å². The zero-order valence-electron chi connectivity index (χ0n) is 18.4. The largest absolute Gasteiger partial charge is 0.375 e. The Hall–Kier alpha value is -3.84. The molecule has 0 N–H and O–H groups in total. The molecule has 0 bridgehead atoms. The highest BCUT2D eigenvalue weighted by atomic mass is 32.2. The molecule has 13 heteroatoms. The number of nitro benzene ring substituents is 1. The maximum Gasteiger partial charge on any atom is 0.294 e. The summed E-state index contributed by atoms with van der Waals surface area (Å²) in [6, 6.07) is 12.7. The van der Waals surface area contributed by atoms with Crippen LogP contribution in [0.3, 0.4) is 0 Å². The van der Waals surface area contributed by atoms with Crippen molar-refractivity contribution in [2.75, 3.05) is 19.5 Å². The molecule has 0 atom stereocenters. The molecule has 0 saturated carbocycles. The summed E-state index contributed by atoms with van der Waals surface area (Å²) in [7, 11) is -3.37. The summed E-state index contributed by atoms with van der Waals surface area (Å²) in [5.74, 6) is 0. The molecule has 1 aromatic heterocycles. The number of nitrogens with zero attached hydrogens (tertiary/aromatic N) is 4. The lowest BCUT2D eigenvalue weighted by Gasteiger charge is -2.09. The topological polar surface area (TPSA) is 157 Å². The molecule has 0 amide bonds. The number of sulfone groups is 1. The van der Waals surface area contributed by atoms with Crippen LogP contribution in [-0.2, 0) is 26.0 Å². The molecular weight excluding hydrogens is 468 g/mol. The lowest BCUT2D eigenvalue weighted by molar-refractivity contribution is -0.757. The van der Waals surface area contributed by atoms with Gasteiger partial charge in [0.1, 0.15) is 0 Å². The maximum atomic E-state index is 11.8. The van der Waals surface area contributed by atoms with E-state index in [0.29, 0.717) is 34.6 Å². The number of hydrogen-bond acceptors (Lipinski definition) is 9. The average Bonchev–Trinajstić information content (AvgIpc) is 3.19. The molecule has 0 unspecified atom stereocenters. The quantitative estimate of drug-likeness (QED) is 0.223. The van der Waals surface area contributed by atoms with Gasteiger partial charge in [0.25, 0.3) is 10.8 Å². The van der Waals surface area contributed by atoms with E-state index >= 15 is 0 Å². The van der Waals surface area contributed by atoms with E-state index in [2.05, 4.69) is 9.94 Å². The monoisotopic (exact) mass is 490 g/mol.